The number of fused-ring (bicyclic) bond motifs is 1. The van der Waals surface area contributed by atoms with Crippen molar-refractivity contribution in [3.8, 4) is 0 Å². The summed E-state index contributed by atoms with van der Waals surface area (Å²) in [5, 5.41) is 23.4. The van der Waals surface area contributed by atoms with Crippen LogP contribution in [0.3, 0.4) is 0 Å². The molecular formula is C24H33NO4. The van der Waals surface area contributed by atoms with Crippen molar-refractivity contribution in [1.82, 2.24) is 5.32 Å². The molecule has 1 saturated carbocycles. The Balaban J connectivity index is 2.16. The number of aliphatic hydroxyl groups is 2. The summed E-state index contributed by atoms with van der Waals surface area (Å²) in [6.45, 7) is 7.81. The van der Waals surface area contributed by atoms with Crippen molar-refractivity contribution in [3.63, 3.8) is 0 Å². The van der Waals surface area contributed by atoms with Gasteiger partial charge in [-0.2, -0.15) is 0 Å². The molecule has 3 rings (SSSR count). The van der Waals surface area contributed by atoms with Crippen LogP contribution in [-0.4, -0.2) is 34.6 Å². The summed E-state index contributed by atoms with van der Waals surface area (Å²) in [5.74, 6) is -0.269. The standard InChI is InChI=1S/C24H33NO4/c1-5-6-7-8-17-15(3)12-16-11-14(2)9-10-18(16)24(17,4)22(28)20-21(27)19(13-26)25-23(20)29/h5-8,12,14,16-19,26,28H,9-11,13H2,1-4H3,(H,25,29). The minimum absolute atomic E-state index is 0.116. The number of allylic oxidation sites excluding steroid dienone is 7. The van der Waals surface area contributed by atoms with E-state index in [0.29, 0.717) is 11.8 Å². The average Bonchev–Trinajstić information content (AvgIpc) is 2.96. The number of rotatable bonds is 4. The molecule has 3 N–H and O–H groups in total. The number of nitrogens with one attached hydrogen (secondary N) is 1. The smallest absolute Gasteiger partial charge is 0.259 e. The van der Waals surface area contributed by atoms with E-state index in [-0.39, 0.29) is 23.2 Å². The minimum atomic E-state index is -0.970. The third-order valence-electron chi connectivity index (χ3n) is 7.18. The quantitative estimate of drug-likeness (QED) is 0.222. The van der Waals surface area contributed by atoms with Crippen LogP contribution in [0.1, 0.15) is 47.0 Å². The largest absolute Gasteiger partial charge is 0.511 e. The van der Waals surface area contributed by atoms with Crippen LogP contribution in [0, 0.1) is 29.1 Å². The molecule has 5 heteroatoms. The molecule has 1 heterocycles. The van der Waals surface area contributed by atoms with E-state index in [4.69, 9.17) is 0 Å². The highest BCUT2D eigenvalue weighted by atomic mass is 16.3. The van der Waals surface area contributed by atoms with Gasteiger partial charge >= 0.3 is 0 Å². The van der Waals surface area contributed by atoms with E-state index in [1.807, 2.05) is 32.1 Å². The Bertz CT molecular complexity index is 806. The molecule has 3 aliphatic rings. The van der Waals surface area contributed by atoms with Crippen molar-refractivity contribution in [1.29, 1.82) is 0 Å². The first-order valence-corrected chi connectivity index (χ1v) is 10.6. The van der Waals surface area contributed by atoms with E-state index < -0.39 is 29.8 Å². The van der Waals surface area contributed by atoms with Gasteiger partial charge < -0.3 is 15.5 Å². The van der Waals surface area contributed by atoms with Crippen LogP contribution in [0.2, 0.25) is 0 Å². The molecule has 1 amide bonds. The third kappa shape index (κ3) is 3.61. The van der Waals surface area contributed by atoms with Crippen molar-refractivity contribution < 1.29 is 19.8 Å². The van der Waals surface area contributed by atoms with Gasteiger partial charge in [-0.3, -0.25) is 9.59 Å². The molecule has 2 fully saturated rings. The number of hydrogen-bond donors (Lipinski definition) is 3. The number of ketones is 1. The van der Waals surface area contributed by atoms with E-state index in [9.17, 15) is 19.8 Å². The zero-order chi connectivity index (χ0) is 21.3. The molecule has 6 unspecified atom stereocenters. The lowest BCUT2D eigenvalue weighted by Gasteiger charge is -2.52. The molecular weight excluding hydrogens is 366 g/mol. The lowest BCUT2D eigenvalue weighted by Crippen LogP contribution is -2.46. The van der Waals surface area contributed by atoms with E-state index in [1.165, 1.54) is 0 Å². The Morgan fingerprint density at radius 1 is 1.31 bits per heavy atom. The number of Topliss-reactive ketones (excluding diaryl/α,β-unsaturated/α-hetero) is 1. The Labute approximate surface area is 173 Å². The van der Waals surface area contributed by atoms with Crippen molar-refractivity contribution in [2.75, 3.05) is 6.61 Å². The number of amides is 1. The molecule has 2 aliphatic carbocycles. The lowest BCUT2D eigenvalue weighted by molar-refractivity contribution is -0.118. The fourth-order valence-electron chi connectivity index (χ4n) is 5.66. The van der Waals surface area contributed by atoms with Gasteiger partial charge in [-0.1, -0.05) is 56.2 Å². The van der Waals surface area contributed by atoms with Gasteiger partial charge in [-0.15, -0.1) is 0 Å². The highest BCUT2D eigenvalue weighted by molar-refractivity contribution is 6.27. The summed E-state index contributed by atoms with van der Waals surface area (Å²) in [6.07, 6.45) is 13.3. The third-order valence-corrected chi connectivity index (χ3v) is 7.18. The molecule has 5 nitrogen and oxygen atoms in total. The fraction of sp³-hybridized carbons (Fsp3) is 0.583. The molecule has 1 aliphatic heterocycles. The van der Waals surface area contributed by atoms with Crippen molar-refractivity contribution >= 4 is 11.7 Å². The summed E-state index contributed by atoms with van der Waals surface area (Å²) < 4.78 is 0. The second-order valence-corrected chi connectivity index (χ2v) is 9.07. The predicted molar refractivity (Wildman–Crippen MR) is 113 cm³/mol. The highest BCUT2D eigenvalue weighted by Gasteiger charge is 2.54. The van der Waals surface area contributed by atoms with E-state index in [0.717, 1.165) is 24.8 Å². The van der Waals surface area contributed by atoms with E-state index >= 15 is 0 Å². The SMILES string of the molecule is CC=CC=CC1C(C)=CC2CC(C)CCC2C1(C)C(O)=C1C(=O)NC(CO)C1=O. The molecule has 0 radical (unpaired) electrons. The number of hydrogen-bond acceptors (Lipinski definition) is 4. The maximum Gasteiger partial charge on any atom is 0.259 e. The highest BCUT2D eigenvalue weighted by Crippen LogP contribution is 2.57. The molecule has 1 saturated heterocycles. The Morgan fingerprint density at radius 3 is 2.66 bits per heavy atom. The average molecular weight is 400 g/mol. The Kier molecular flexibility index (Phi) is 6.18. The Hall–Kier alpha value is -2.14. The van der Waals surface area contributed by atoms with Crippen LogP contribution < -0.4 is 5.32 Å². The van der Waals surface area contributed by atoms with Crippen LogP contribution in [0.15, 0.2) is 47.3 Å². The first-order chi connectivity index (χ1) is 13.7. The number of carbonyl (C=O) groups is 2. The zero-order valence-corrected chi connectivity index (χ0v) is 17.8. The predicted octanol–water partition coefficient (Wildman–Crippen LogP) is 3.63. The summed E-state index contributed by atoms with van der Waals surface area (Å²) >= 11 is 0. The molecule has 0 bridgehead atoms. The fourth-order valence-corrected chi connectivity index (χ4v) is 5.66. The van der Waals surface area contributed by atoms with Crippen molar-refractivity contribution in [2.24, 2.45) is 29.1 Å². The van der Waals surface area contributed by atoms with E-state index in [2.05, 4.69) is 31.3 Å². The number of aliphatic hydroxyl groups excluding tert-OH is 2. The van der Waals surface area contributed by atoms with Gasteiger partial charge in [0.05, 0.1) is 6.61 Å². The van der Waals surface area contributed by atoms with Crippen LogP contribution in [0.5, 0.6) is 0 Å². The molecule has 0 spiro atoms. The van der Waals surface area contributed by atoms with Crippen LogP contribution in [0.25, 0.3) is 0 Å². The molecule has 158 valence electrons. The second-order valence-electron chi connectivity index (χ2n) is 9.07. The molecule has 0 aromatic carbocycles. The summed E-state index contributed by atoms with van der Waals surface area (Å²) in [7, 11) is 0. The van der Waals surface area contributed by atoms with Crippen LogP contribution in [-0.2, 0) is 9.59 Å². The second kappa shape index (κ2) is 8.31. The zero-order valence-electron chi connectivity index (χ0n) is 17.8. The first kappa shape index (κ1) is 21.6. The van der Waals surface area contributed by atoms with E-state index in [1.54, 1.807) is 0 Å². The summed E-state index contributed by atoms with van der Waals surface area (Å²) in [6, 6.07) is -0.970. The summed E-state index contributed by atoms with van der Waals surface area (Å²) in [5.41, 5.74) is 0.220. The molecule has 0 aromatic rings. The first-order valence-electron chi connectivity index (χ1n) is 10.6. The molecule has 6 atom stereocenters. The van der Waals surface area contributed by atoms with Gasteiger partial charge in [0.2, 0.25) is 0 Å². The van der Waals surface area contributed by atoms with Crippen molar-refractivity contribution in [3.05, 3.63) is 47.3 Å². The topological polar surface area (TPSA) is 86.6 Å². The maximum atomic E-state index is 12.7. The minimum Gasteiger partial charge on any atom is -0.511 e. The van der Waals surface area contributed by atoms with Gasteiger partial charge in [-0.05, 0) is 44.4 Å². The Morgan fingerprint density at radius 2 is 2.03 bits per heavy atom. The normalized spacial score (nSPS) is 39.6. The van der Waals surface area contributed by atoms with Crippen LogP contribution in [0.4, 0.5) is 0 Å². The molecule has 29 heavy (non-hydrogen) atoms. The molecule has 0 aromatic heterocycles. The number of carbonyl (C=O) groups excluding carboxylic acids is 2. The van der Waals surface area contributed by atoms with Crippen molar-refractivity contribution in [2.45, 2.75) is 53.0 Å². The summed E-state index contributed by atoms with van der Waals surface area (Å²) in [4.78, 5) is 25.3. The van der Waals surface area contributed by atoms with Gasteiger partial charge in [-0.25, -0.2) is 0 Å². The van der Waals surface area contributed by atoms with Gasteiger partial charge in [0.25, 0.3) is 5.91 Å². The van der Waals surface area contributed by atoms with Gasteiger partial charge in [0.15, 0.2) is 5.78 Å². The van der Waals surface area contributed by atoms with Gasteiger partial charge in [0.1, 0.15) is 17.4 Å². The van der Waals surface area contributed by atoms with Crippen LogP contribution >= 0.6 is 0 Å². The monoisotopic (exact) mass is 399 g/mol. The lowest BCUT2D eigenvalue weighted by atomic mass is 9.52. The maximum absolute atomic E-state index is 12.7. The van der Waals surface area contributed by atoms with Gasteiger partial charge in [0, 0.05) is 11.3 Å².